The van der Waals surface area contributed by atoms with Gasteiger partial charge < -0.3 is 4.90 Å². The van der Waals surface area contributed by atoms with Crippen molar-refractivity contribution in [3.05, 3.63) is 88.5 Å². The van der Waals surface area contributed by atoms with Gasteiger partial charge >= 0.3 is 0 Å². The largest absolute Gasteiger partial charge is 0.378 e. The van der Waals surface area contributed by atoms with E-state index in [0.717, 1.165) is 22.4 Å². The van der Waals surface area contributed by atoms with Crippen LogP contribution in [0.5, 0.6) is 0 Å². The molecule has 3 aromatic rings. The molecule has 0 saturated heterocycles. The predicted octanol–water partition coefficient (Wildman–Crippen LogP) is 5.71. The van der Waals surface area contributed by atoms with Gasteiger partial charge in [0.05, 0.1) is 9.79 Å². The Morgan fingerprint density at radius 2 is 0.972 bits per heavy atom. The number of hydrogen-bond acceptors (Lipinski definition) is 5. The SMILES string of the molecule is CC(C)c1c(S(=O)(=O)O)cc(/C=C/c2ccc(/C=C/c3ccc(N(C)C)cc3)cc2)cc1S(=O)(=O)O. The average Bonchev–Trinajstić information content (AvgIpc) is 2.80. The Hall–Kier alpha value is -3.24. The van der Waals surface area contributed by atoms with Crippen LogP contribution in [0.4, 0.5) is 5.69 Å². The highest BCUT2D eigenvalue weighted by molar-refractivity contribution is 7.86. The van der Waals surface area contributed by atoms with Gasteiger partial charge in [0, 0.05) is 19.8 Å². The van der Waals surface area contributed by atoms with Crippen LogP contribution in [0.3, 0.4) is 0 Å². The fraction of sp³-hybridized carbons (Fsp3) is 0.185. The summed E-state index contributed by atoms with van der Waals surface area (Å²) < 4.78 is 67.2. The summed E-state index contributed by atoms with van der Waals surface area (Å²) in [7, 11) is -5.48. The van der Waals surface area contributed by atoms with E-state index in [-0.39, 0.29) is 11.1 Å². The molecule has 0 aromatic heterocycles. The van der Waals surface area contributed by atoms with E-state index in [9.17, 15) is 25.9 Å². The lowest BCUT2D eigenvalue weighted by molar-refractivity contribution is 0.477. The fourth-order valence-corrected chi connectivity index (χ4v) is 5.58. The van der Waals surface area contributed by atoms with Crippen molar-refractivity contribution in [3.8, 4) is 0 Å². The minimum absolute atomic E-state index is 0.162. The first-order valence-corrected chi connectivity index (χ1v) is 14.0. The van der Waals surface area contributed by atoms with Gasteiger partial charge in [-0.15, -0.1) is 0 Å². The molecule has 7 nitrogen and oxygen atoms in total. The Bertz CT molecular complexity index is 1450. The first kappa shape index (κ1) is 27.3. The molecule has 0 bridgehead atoms. The van der Waals surface area contributed by atoms with E-state index in [2.05, 4.69) is 0 Å². The first-order chi connectivity index (χ1) is 16.8. The predicted molar refractivity (Wildman–Crippen MR) is 145 cm³/mol. The molecule has 36 heavy (non-hydrogen) atoms. The lowest BCUT2D eigenvalue weighted by atomic mass is 10.0. The molecule has 0 radical (unpaired) electrons. The highest BCUT2D eigenvalue weighted by atomic mass is 32.2. The maximum absolute atomic E-state index is 12.0. The van der Waals surface area contributed by atoms with E-state index < -0.39 is 35.9 Å². The molecule has 0 amide bonds. The number of rotatable bonds is 8. The third kappa shape index (κ3) is 6.92. The van der Waals surface area contributed by atoms with Gasteiger partial charge in [-0.2, -0.15) is 16.8 Å². The monoisotopic (exact) mass is 527 g/mol. The molecule has 190 valence electrons. The Kier molecular flexibility index (Phi) is 8.20. The Morgan fingerprint density at radius 1 is 0.639 bits per heavy atom. The summed E-state index contributed by atoms with van der Waals surface area (Å²) in [6, 6.07) is 18.1. The van der Waals surface area contributed by atoms with Crippen molar-refractivity contribution < 1.29 is 25.9 Å². The maximum Gasteiger partial charge on any atom is 0.294 e. The van der Waals surface area contributed by atoms with Crippen molar-refractivity contribution in [2.75, 3.05) is 19.0 Å². The highest BCUT2D eigenvalue weighted by Crippen LogP contribution is 2.32. The van der Waals surface area contributed by atoms with E-state index in [1.807, 2.05) is 79.7 Å². The molecular weight excluding hydrogens is 498 g/mol. The van der Waals surface area contributed by atoms with Gasteiger partial charge in [0.25, 0.3) is 20.2 Å². The minimum atomic E-state index is -4.73. The van der Waals surface area contributed by atoms with Crippen molar-refractivity contribution in [2.45, 2.75) is 29.6 Å². The average molecular weight is 528 g/mol. The molecule has 0 heterocycles. The van der Waals surface area contributed by atoms with Crippen LogP contribution in [0.25, 0.3) is 24.3 Å². The van der Waals surface area contributed by atoms with Gasteiger partial charge in [-0.3, -0.25) is 9.11 Å². The number of anilines is 1. The van der Waals surface area contributed by atoms with Gasteiger partial charge in [-0.1, -0.05) is 74.5 Å². The summed E-state index contributed by atoms with van der Waals surface area (Å²) in [6.45, 7) is 3.14. The molecule has 3 rings (SSSR count). The smallest absolute Gasteiger partial charge is 0.294 e. The lowest BCUT2D eigenvalue weighted by Crippen LogP contribution is -2.12. The van der Waals surface area contributed by atoms with Crippen molar-refractivity contribution in [1.29, 1.82) is 0 Å². The Balaban J connectivity index is 1.88. The van der Waals surface area contributed by atoms with Crippen molar-refractivity contribution >= 4 is 50.2 Å². The molecule has 0 aliphatic rings. The topological polar surface area (TPSA) is 112 Å². The van der Waals surface area contributed by atoms with Crippen LogP contribution < -0.4 is 4.90 Å². The number of benzene rings is 3. The van der Waals surface area contributed by atoms with Crippen LogP contribution in [-0.2, 0) is 20.2 Å². The summed E-state index contributed by atoms with van der Waals surface area (Å²) >= 11 is 0. The van der Waals surface area contributed by atoms with Crippen molar-refractivity contribution in [3.63, 3.8) is 0 Å². The second-order valence-electron chi connectivity index (χ2n) is 8.85. The minimum Gasteiger partial charge on any atom is -0.378 e. The van der Waals surface area contributed by atoms with E-state index >= 15 is 0 Å². The molecule has 0 aliphatic heterocycles. The van der Waals surface area contributed by atoms with Crippen LogP contribution in [0.15, 0.2) is 70.5 Å². The van der Waals surface area contributed by atoms with E-state index in [1.165, 1.54) is 18.2 Å². The van der Waals surface area contributed by atoms with E-state index in [0.29, 0.717) is 0 Å². The van der Waals surface area contributed by atoms with Gasteiger partial charge in [0.15, 0.2) is 0 Å². The number of nitrogens with zero attached hydrogens (tertiary/aromatic N) is 1. The quantitative estimate of drug-likeness (QED) is 0.285. The van der Waals surface area contributed by atoms with E-state index in [1.54, 1.807) is 19.9 Å². The summed E-state index contributed by atoms with van der Waals surface area (Å²) in [5, 5.41) is 0. The summed E-state index contributed by atoms with van der Waals surface area (Å²) in [6.07, 6.45) is 7.19. The molecule has 3 aromatic carbocycles. The first-order valence-electron chi connectivity index (χ1n) is 11.1. The highest BCUT2D eigenvalue weighted by Gasteiger charge is 2.27. The molecular formula is C27H29NO6S2. The third-order valence-electron chi connectivity index (χ3n) is 5.54. The molecule has 9 heteroatoms. The standard InChI is InChI=1S/C27H29NO6S2/c1-19(2)27-25(35(29,30)31)17-23(18-26(27)36(32,33)34)12-11-21-7-5-20(6-8-21)9-10-22-13-15-24(16-14-22)28(3)4/h5-19H,1-4H3,(H,29,30,31)(H,32,33,34)/b10-9+,12-11+. The third-order valence-corrected chi connectivity index (χ3v) is 7.33. The van der Waals surface area contributed by atoms with Gasteiger partial charge in [-0.25, -0.2) is 0 Å². The molecule has 0 saturated carbocycles. The zero-order chi connectivity index (χ0) is 26.7. The lowest BCUT2D eigenvalue weighted by Gasteiger charge is -2.16. The van der Waals surface area contributed by atoms with Gasteiger partial charge in [-0.05, 0) is 58.0 Å². The number of hydrogen-bond donors (Lipinski definition) is 2. The van der Waals surface area contributed by atoms with Crippen LogP contribution in [0.1, 0.15) is 47.6 Å². The summed E-state index contributed by atoms with van der Waals surface area (Å²) in [5.74, 6) is -0.580. The second-order valence-corrected chi connectivity index (χ2v) is 11.6. The van der Waals surface area contributed by atoms with Crippen molar-refractivity contribution in [1.82, 2.24) is 0 Å². The maximum atomic E-state index is 12.0. The zero-order valence-electron chi connectivity index (χ0n) is 20.5. The molecule has 0 fully saturated rings. The van der Waals surface area contributed by atoms with Crippen LogP contribution >= 0.6 is 0 Å². The molecule has 2 N–H and O–H groups in total. The molecule has 0 spiro atoms. The molecule has 0 atom stereocenters. The van der Waals surface area contributed by atoms with Crippen LogP contribution in [0, 0.1) is 0 Å². The Labute approximate surface area is 212 Å². The summed E-state index contributed by atoms with van der Waals surface area (Å²) in [4.78, 5) is 0.934. The van der Waals surface area contributed by atoms with Crippen LogP contribution in [-0.4, -0.2) is 40.0 Å². The zero-order valence-corrected chi connectivity index (χ0v) is 22.1. The normalized spacial score (nSPS) is 12.6. The molecule has 0 aliphatic carbocycles. The second kappa shape index (κ2) is 10.8. The van der Waals surface area contributed by atoms with E-state index in [4.69, 9.17) is 0 Å². The Morgan fingerprint density at radius 3 is 1.28 bits per heavy atom. The van der Waals surface area contributed by atoms with Gasteiger partial charge in [0.1, 0.15) is 0 Å². The van der Waals surface area contributed by atoms with Crippen LogP contribution in [0.2, 0.25) is 0 Å². The van der Waals surface area contributed by atoms with Crippen molar-refractivity contribution in [2.24, 2.45) is 0 Å². The summed E-state index contributed by atoms with van der Waals surface area (Å²) in [5.41, 5.74) is 3.99. The van der Waals surface area contributed by atoms with Gasteiger partial charge in [0.2, 0.25) is 0 Å². The molecule has 0 unspecified atom stereocenters. The fourth-order valence-electron chi connectivity index (χ4n) is 3.70.